The molecule has 0 radical (unpaired) electrons. The molecule has 0 saturated carbocycles. The SMILES string of the molecule is N#Cc1c(N)sc2c(F)ccc(-c3c(Cl)cc4c(N5CC[C@@]6(CCN6)C5)nc(OC[C@@]56CCCN5C[C@H](F)C6)nc4c3F)c12. The number of anilines is 2. The molecule has 0 aliphatic carbocycles. The molecule has 2 aromatic heterocycles. The molecule has 4 aromatic rings. The molecule has 1 spiro atoms. The molecule has 44 heavy (non-hydrogen) atoms. The summed E-state index contributed by atoms with van der Waals surface area (Å²) < 4.78 is 52.5. The van der Waals surface area contributed by atoms with Crippen LogP contribution in [0.25, 0.3) is 32.1 Å². The number of alkyl halides is 1. The van der Waals surface area contributed by atoms with Crippen LogP contribution in [-0.2, 0) is 0 Å². The quantitative estimate of drug-likeness (QED) is 0.283. The molecule has 4 aliphatic rings. The van der Waals surface area contributed by atoms with E-state index in [1.54, 1.807) is 6.07 Å². The summed E-state index contributed by atoms with van der Waals surface area (Å²) in [6.45, 7) is 3.75. The number of halogens is 4. The van der Waals surface area contributed by atoms with Crippen LogP contribution >= 0.6 is 22.9 Å². The zero-order valence-corrected chi connectivity index (χ0v) is 25.3. The van der Waals surface area contributed by atoms with Crippen LogP contribution in [0, 0.1) is 23.0 Å². The Kier molecular flexibility index (Phi) is 6.44. The molecule has 8 nitrogen and oxygen atoms in total. The number of aromatic nitrogens is 2. The summed E-state index contributed by atoms with van der Waals surface area (Å²) in [5.74, 6) is -0.779. The van der Waals surface area contributed by atoms with E-state index in [0.29, 0.717) is 37.3 Å². The number of ether oxygens (including phenoxy) is 1. The minimum absolute atomic E-state index is 0.00155. The van der Waals surface area contributed by atoms with Crippen molar-refractivity contribution in [2.45, 2.75) is 49.4 Å². The second-order valence-corrected chi connectivity index (χ2v) is 14.0. The van der Waals surface area contributed by atoms with Crippen molar-refractivity contribution in [2.24, 2.45) is 0 Å². The highest BCUT2D eigenvalue weighted by Crippen LogP contribution is 2.47. The van der Waals surface area contributed by atoms with Crippen LogP contribution in [0.5, 0.6) is 6.01 Å². The topological polar surface area (TPSA) is 103 Å². The van der Waals surface area contributed by atoms with Gasteiger partial charge in [0.15, 0.2) is 5.82 Å². The lowest BCUT2D eigenvalue weighted by atomic mass is 9.87. The van der Waals surface area contributed by atoms with Crippen LogP contribution in [-0.4, -0.2) is 71.4 Å². The Morgan fingerprint density at radius 1 is 1.23 bits per heavy atom. The molecular formula is C31H29ClF3N7OS. The Bertz CT molecular complexity index is 1890. The summed E-state index contributed by atoms with van der Waals surface area (Å²) in [5.41, 5.74) is 5.93. The van der Waals surface area contributed by atoms with Gasteiger partial charge in [-0.2, -0.15) is 15.2 Å². The van der Waals surface area contributed by atoms with E-state index in [9.17, 15) is 14.0 Å². The fourth-order valence-corrected chi connectivity index (χ4v) is 8.99. The highest BCUT2D eigenvalue weighted by Gasteiger charge is 2.49. The third-order valence-corrected chi connectivity index (χ3v) is 11.4. The van der Waals surface area contributed by atoms with Gasteiger partial charge in [-0.3, -0.25) is 4.90 Å². The van der Waals surface area contributed by atoms with Gasteiger partial charge in [-0.05, 0) is 56.5 Å². The molecule has 8 rings (SSSR count). The summed E-state index contributed by atoms with van der Waals surface area (Å²) in [5, 5.41) is 14.2. The lowest BCUT2D eigenvalue weighted by Crippen LogP contribution is -2.58. The highest BCUT2D eigenvalue weighted by molar-refractivity contribution is 7.23. The van der Waals surface area contributed by atoms with Crippen molar-refractivity contribution in [3.63, 3.8) is 0 Å². The molecule has 3 atom stereocenters. The smallest absolute Gasteiger partial charge is 0.319 e. The molecule has 3 N–H and O–H groups in total. The minimum atomic E-state index is -0.915. The molecular weight excluding hydrogens is 611 g/mol. The van der Waals surface area contributed by atoms with Crippen molar-refractivity contribution in [2.75, 3.05) is 50.0 Å². The first-order valence-corrected chi connectivity index (χ1v) is 16.0. The standard InChI is InChI=1S/C31H29ClF3N7OS/c32-20-10-18-25(24(35)23(20)17-2-3-21(34)26-22(17)19(12-36)27(37)44-26)39-29(40-28(18)41-9-6-30(14-41)5-7-38-30)43-15-31-4-1-8-42(31)13-16(33)11-31/h2-3,10,16,38H,1,4-9,11,13-15,37H2/t16-,30+,31+/m1/s1. The van der Waals surface area contributed by atoms with Crippen molar-refractivity contribution in [1.29, 1.82) is 5.26 Å². The van der Waals surface area contributed by atoms with E-state index in [0.717, 1.165) is 50.1 Å². The number of benzene rings is 2. The zero-order valence-electron chi connectivity index (χ0n) is 23.7. The maximum atomic E-state index is 16.8. The monoisotopic (exact) mass is 639 g/mol. The first-order valence-electron chi connectivity index (χ1n) is 14.8. The average Bonchev–Trinajstić information content (AvgIpc) is 3.74. The number of nitrogen functional groups attached to an aromatic ring is 1. The molecule has 4 aliphatic heterocycles. The van der Waals surface area contributed by atoms with Gasteiger partial charge in [0.1, 0.15) is 41.0 Å². The van der Waals surface area contributed by atoms with Crippen LogP contribution in [0.15, 0.2) is 18.2 Å². The van der Waals surface area contributed by atoms with Crippen molar-refractivity contribution in [3.8, 4) is 23.2 Å². The second-order valence-electron chi connectivity index (χ2n) is 12.5. The van der Waals surface area contributed by atoms with E-state index in [1.165, 1.54) is 12.1 Å². The first-order chi connectivity index (χ1) is 21.2. The van der Waals surface area contributed by atoms with E-state index >= 15 is 4.39 Å². The van der Waals surface area contributed by atoms with Crippen molar-refractivity contribution in [1.82, 2.24) is 20.2 Å². The average molecular weight is 640 g/mol. The predicted molar refractivity (Wildman–Crippen MR) is 165 cm³/mol. The minimum Gasteiger partial charge on any atom is -0.461 e. The normalized spacial score (nSPS) is 26.5. The molecule has 4 fully saturated rings. The van der Waals surface area contributed by atoms with Gasteiger partial charge < -0.3 is 20.7 Å². The summed E-state index contributed by atoms with van der Waals surface area (Å²) in [6, 6.07) is 6.30. The van der Waals surface area contributed by atoms with Gasteiger partial charge in [0.25, 0.3) is 0 Å². The number of hydrogen-bond donors (Lipinski definition) is 2. The number of nitrogens with two attached hydrogens (primary N) is 1. The maximum absolute atomic E-state index is 16.8. The largest absolute Gasteiger partial charge is 0.461 e. The Balaban J connectivity index is 1.28. The Morgan fingerprint density at radius 3 is 2.82 bits per heavy atom. The highest BCUT2D eigenvalue weighted by atomic mass is 35.5. The first kappa shape index (κ1) is 28.1. The number of hydrogen-bond acceptors (Lipinski definition) is 9. The van der Waals surface area contributed by atoms with Crippen molar-refractivity contribution >= 4 is 54.7 Å². The molecule has 0 unspecified atom stereocenters. The predicted octanol–water partition coefficient (Wildman–Crippen LogP) is 5.79. The second kappa shape index (κ2) is 10.1. The van der Waals surface area contributed by atoms with E-state index in [2.05, 4.69) is 20.1 Å². The van der Waals surface area contributed by atoms with E-state index in [-0.39, 0.29) is 60.5 Å². The number of nitrogens with one attached hydrogen (secondary N) is 1. The fourth-order valence-electron chi connectivity index (χ4n) is 7.75. The van der Waals surface area contributed by atoms with E-state index in [4.69, 9.17) is 27.1 Å². The lowest BCUT2D eigenvalue weighted by molar-refractivity contribution is 0.107. The molecule has 13 heteroatoms. The third kappa shape index (κ3) is 4.16. The Morgan fingerprint density at radius 2 is 2.07 bits per heavy atom. The zero-order chi connectivity index (χ0) is 30.4. The number of thiophene rings is 1. The van der Waals surface area contributed by atoms with Crippen LogP contribution < -0.4 is 20.7 Å². The van der Waals surface area contributed by atoms with Gasteiger partial charge in [0, 0.05) is 47.9 Å². The maximum Gasteiger partial charge on any atom is 0.319 e. The summed E-state index contributed by atoms with van der Waals surface area (Å²) in [4.78, 5) is 13.6. The summed E-state index contributed by atoms with van der Waals surface area (Å²) >= 11 is 7.75. The fraction of sp³-hybridized carbons (Fsp3) is 0.452. The number of fused-ring (bicyclic) bond motifs is 3. The van der Waals surface area contributed by atoms with Crippen molar-refractivity contribution < 1.29 is 17.9 Å². The van der Waals surface area contributed by atoms with Gasteiger partial charge in [-0.1, -0.05) is 17.7 Å². The molecule has 228 valence electrons. The molecule has 6 heterocycles. The van der Waals surface area contributed by atoms with Crippen molar-refractivity contribution in [3.05, 3.63) is 40.4 Å². The van der Waals surface area contributed by atoms with Crippen LogP contribution in [0.4, 0.5) is 24.0 Å². The molecule has 0 amide bonds. The number of nitriles is 1. The summed E-state index contributed by atoms with van der Waals surface area (Å²) in [6.07, 6.45) is 3.21. The van der Waals surface area contributed by atoms with Gasteiger partial charge in [-0.15, -0.1) is 11.3 Å². The lowest BCUT2D eigenvalue weighted by Gasteiger charge is -2.39. The van der Waals surface area contributed by atoms with E-state index < -0.39 is 23.3 Å². The summed E-state index contributed by atoms with van der Waals surface area (Å²) in [7, 11) is 0. The third-order valence-electron chi connectivity index (χ3n) is 10.0. The molecule has 2 aromatic carbocycles. The van der Waals surface area contributed by atoms with Crippen LogP contribution in [0.3, 0.4) is 0 Å². The van der Waals surface area contributed by atoms with Gasteiger partial charge in [0.05, 0.1) is 20.8 Å². The molecule has 0 bridgehead atoms. The van der Waals surface area contributed by atoms with E-state index in [1.807, 2.05) is 6.07 Å². The Labute approximate surface area is 260 Å². The number of rotatable bonds is 5. The van der Waals surface area contributed by atoms with Gasteiger partial charge in [-0.25, -0.2) is 13.2 Å². The number of nitrogens with zero attached hydrogens (tertiary/aromatic N) is 5. The van der Waals surface area contributed by atoms with Gasteiger partial charge in [0.2, 0.25) is 0 Å². The van der Waals surface area contributed by atoms with Crippen LogP contribution in [0.1, 0.15) is 37.7 Å². The molecule has 4 saturated heterocycles. The Hall–Kier alpha value is -3.37. The van der Waals surface area contributed by atoms with Gasteiger partial charge >= 0.3 is 6.01 Å². The van der Waals surface area contributed by atoms with Crippen LogP contribution in [0.2, 0.25) is 5.02 Å².